The fraction of sp³-hybridized carbons (Fsp3) is 0.133. The second-order valence-electron chi connectivity index (χ2n) is 23.0. The molecule has 0 N–H and O–H groups in total. The number of nitrogens with zero attached hydrogens (tertiary/aromatic N) is 7. The molecule has 82 heavy (non-hydrogen) atoms. The minimum Gasteiger partial charge on any atom is -0.334 e. The number of nitriles is 3. The van der Waals surface area contributed by atoms with Crippen molar-refractivity contribution in [1.82, 2.24) is 0 Å². The lowest BCUT2D eigenvalue weighted by Crippen LogP contribution is -2.39. The summed E-state index contributed by atoms with van der Waals surface area (Å²) in [4.78, 5) is 9.77. The van der Waals surface area contributed by atoms with Gasteiger partial charge in [0.1, 0.15) is 0 Å². The van der Waals surface area contributed by atoms with E-state index in [0.29, 0.717) is 17.5 Å². The Balaban J connectivity index is 1.03. The van der Waals surface area contributed by atoms with Crippen LogP contribution in [0.25, 0.3) is 27.6 Å². The minimum absolute atomic E-state index is 0.0170. The lowest BCUT2D eigenvalue weighted by atomic mass is 9.66. The molecule has 0 radical (unpaired) electrons. The van der Waals surface area contributed by atoms with Crippen molar-refractivity contribution in [2.75, 3.05) is 19.6 Å². The molecule has 10 aromatic rings. The summed E-state index contributed by atoms with van der Waals surface area (Å²) in [6.07, 6.45) is 12.5. The molecule has 2 aliphatic heterocycles. The number of allylic oxidation sites excluding steroid dienone is 3. The number of hydrogen-bond acceptors (Lipinski definition) is 7. The standard InChI is InChI=1S/C75H57N7/c1-74(2)64-42-58(79(55-32-26-49(46-76)27-33-55)68-23-11-17-52-14-5-8-20-61(52)68)38-40-71(64)82-72-41-39-59(80(56-34-28-50(47-77)29-35-56)69-24-12-18-53-15-6-9-21-62(53)69)43-65(72)75(3,4)67-45-60(44-66(74)73(67)82)81(57-36-30-51(48-78)31-37-57)70-25-13-19-54-16-7-10-22-63(54)70/h5-24,26-30,32-45,51,70H,25,31H2,1-4H3. The van der Waals surface area contributed by atoms with Crippen LogP contribution in [0.4, 0.5) is 56.9 Å². The van der Waals surface area contributed by atoms with Crippen molar-refractivity contribution in [2.45, 2.75) is 57.4 Å². The van der Waals surface area contributed by atoms with Crippen LogP contribution in [0.15, 0.2) is 236 Å². The van der Waals surface area contributed by atoms with Crippen LogP contribution in [0.5, 0.6) is 0 Å². The van der Waals surface area contributed by atoms with E-state index in [1.54, 1.807) is 0 Å². The monoisotopic (exact) mass is 1060 g/mol. The maximum Gasteiger partial charge on any atom is 0.0991 e. The van der Waals surface area contributed by atoms with Gasteiger partial charge in [-0.2, -0.15) is 15.8 Å². The van der Waals surface area contributed by atoms with Gasteiger partial charge in [-0.05, 0) is 172 Å². The molecule has 0 bridgehead atoms. The van der Waals surface area contributed by atoms with E-state index >= 15 is 0 Å². The number of hydrogen-bond donors (Lipinski definition) is 0. The Kier molecular flexibility index (Phi) is 11.8. The van der Waals surface area contributed by atoms with Gasteiger partial charge in [-0.3, -0.25) is 0 Å². The average molecular weight is 1060 g/mol. The highest BCUT2D eigenvalue weighted by atomic mass is 15.2. The summed E-state index contributed by atoms with van der Waals surface area (Å²) >= 11 is 0. The fourth-order valence-corrected chi connectivity index (χ4v) is 13.4. The maximum atomic E-state index is 10.1. The third-order valence-corrected chi connectivity index (χ3v) is 17.6. The van der Waals surface area contributed by atoms with E-state index in [9.17, 15) is 15.8 Å². The molecule has 4 aliphatic rings. The van der Waals surface area contributed by atoms with E-state index < -0.39 is 10.8 Å². The molecular weight excluding hydrogens is 999 g/mol. The first kappa shape index (κ1) is 49.9. The van der Waals surface area contributed by atoms with Crippen molar-refractivity contribution < 1.29 is 0 Å². The highest BCUT2D eigenvalue weighted by molar-refractivity contribution is 6.02. The molecule has 2 unspecified atom stereocenters. The van der Waals surface area contributed by atoms with Crippen LogP contribution in [0, 0.1) is 39.9 Å². The van der Waals surface area contributed by atoms with Crippen LogP contribution < -0.4 is 19.6 Å². The van der Waals surface area contributed by atoms with E-state index in [0.717, 1.165) is 84.8 Å². The topological polar surface area (TPSA) is 84.3 Å². The van der Waals surface area contributed by atoms with Gasteiger partial charge in [0.15, 0.2) is 0 Å². The van der Waals surface area contributed by atoms with Crippen LogP contribution in [-0.4, -0.2) is 0 Å². The van der Waals surface area contributed by atoms with Crippen LogP contribution in [0.2, 0.25) is 0 Å². The normalized spacial score (nSPS) is 16.5. The number of rotatable bonds is 9. The largest absolute Gasteiger partial charge is 0.334 e. The van der Waals surface area contributed by atoms with E-state index in [2.05, 4.69) is 278 Å². The van der Waals surface area contributed by atoms with Gasteiger partial charge in [-0.15, -0.1) is 0 Å². The molecule has 0 amide bonds. The molecule has 14 rings (SSSR count). The van der Waals surface area contributed by atoms with E-state index in [-0.39, 0.29) is 12.0 Å². The smallest absolute Gasteiger partial charge is 0.0991 e. The fourth-order valence-electron chi connectivity index (χ4n) is 13.4. The Morgan fingerprint density at radius 1 is 0.476 bits per heavy atom. The summed E-state index contributed by atoms with van der Waals surface area (Å²) in [5, 5.41) is 34.6. The van der Waals surface area contributed by atoms with Gasteiger partial charge in [-0.25, -0.2) is 0 Å². The molecule has 0 spiro atoms. The summed E-state index contributed by atoms with van der Waals surface area (Å²) in [5.74, 6) is -0.188. The van der Waals surface area contributed by atoms with Gasteiger partial charge in [-0.1, -0.05) is 149 Å². The number of anilines is 10. The molecule has 0 aromatic heterocycles. The molecular formula is C75H57N7. The molecule has 0 saturated carbocycles. The predicted octanol–water partition coefficient (Wildman–Crippen LogP) is 19.4. The van der Waals surface area contributed by atoms with E-state index in [1.165, 1.54) is 39.1 Å². The summed E-state index contributed by atoms with van der Waals surface area (Å²) < 4.78 is 0. The van der Waals surface area contributed by atoms with Crippen molar-refractivity contribution >= 4 is 84.5 Å². The molecule has 10 aromatic carbocycles. The van der Waals surface area contributed by atoms with Crippen molar-refractivity contribution in [3.8, 4) is 18.2 Å². The van der Waals surface area contributed by atoms with Crippen LogP contribution >= 0.6 is 0 Å². The Bertz CT molecular complexity index is 4250. The second kappa shape index (κ2) is 19.5. The molecule has 2 aliphatic carbocycles. The van der Waals surface area contributed by atoms with Crippen molar-refractivity contribution in [2.24, 2.45) is 5.92 Å². The van der Waals surface area contributed by atoms with Crippen LogP contribution in [-0.2, 0) is 10.8 Å². The maximum absolute atomic E-state index is 10.1. The lowest BCUT2D eigenvalue weighted by Gasteiger charge is -2.51. The zero-order valence-corrected chi connectivity index (χ0v) is 46.2. The van der Waals surface area contributed by atoms with Crippen molar-refractivity contribution in [3.05, 3.63) is 281 Å². The van der Waals surface area contributed by atoms with Crippen LogP contribution in [0.1, 0.15) is 91.1 Å². The van der Waals surface area contributed by atoms with Crippen molar-refractivity contribution in [3.63, 3.8) is 0 Å². The molecule has 7 heteroatoms. The average Bonchev–Trinajstić information content (AvgIpc) is 3.30. The lowest BCUT2D eigenvalue weighted by molar-refractivity contribution is 0.594. The molecule has 2 atom stereocenters. The molecule has 392 valence electrons. The first-order valence-electron chi connectivity index (χ1n) is 28.2. The van der Waals surface area contributed by atoms with Gasteiger partial charge in [0.2, 0.25) is 0 Å². The quantitative estimate of drug-likeness (QED) is 0.142. The summed E-state index contributed by atoms with van der Waals surface area (Å²) in [6, 6.07) is 80.8. The van der Waals surface area contributed by atoms with Gasteiger partial charge in [0.25, 0.3) is 0 Å². The Morgan fingerprint density at radius 2 is 0.963 bits per heavy atom. The van der Waals surface area contributed by atoms with Crippen LogP contribution in [0.3, 0.4) is 0 Å². The Morgan fingerprint density at radius 3 is 1.48 bits per heavy atom. The highest BCUT2D eigenvalue weighted by Gasteiger charge is 2.47. The zero-order valence-electron chi connectivity index (χ0n) is 46.2. The molecule has 2 heterocycles. The van der Waals surface area contributed by atoms with E-state index in [1.807, 2.05) is 24.3 Å². The first-order chi connectivity index (χ1) is 40.0. The second-order valence-corrected chi connectivity index (χ2v) is 23.0. The van der Waals surface area contributed by atoms with Gasteiger partial charge in [0.05, 0.1) is 69.7 Å². The van der Waals surface area contributed by atoms with Gasteiger partial charge >= 0.3 is 0 Å². The first-order valence-corrected chi connectivity index (χ1v) is 28.2. The Labute approximate surface area is 479 Å². The summed E-state index contributed by atoms with van der Waals surface area (Å²) in [6.45, 7) is 9.56. The van der Waals surface area contributed by atoms with Gasteiger partial charge < -0.3 is 19.6 Å². The molecule has 0 saturated heterocycles. The summed E-state index contributed by atoms with van der Waals surface area (Å²) in [7, 11) is 0. The zero-order chi connectivity index (χ0) is 55.9. The van der Waals surface area contributed by atoms with E-state index in [4.69, 9.17) is 0 Å². The third kappa shape index (κ3) is 7.98. The molecule has 0 fully saturated rings. The van der Waals surface area contributed by atoms with Crippen molar-refractivity contribution in [1.29, 1.82) is 15.8 Å². The highest BCUT2D eigenvalue weighted by Crippen LogP contribution is 2.63. The summed E-state index contributed by atoms with van der Waals surface area (Å²) in [5.41, 5.74) is 19.0. The minimum atomic E-state index is -0.538. The predicted molar refractivity (Wildman–Crippen MR) is 335 cm³/mol. The third-order valence-electron chi connectivity index (χ3n) is 17.6. The van der Waals surface area contributed by atoms with Gasteiger partial charge in [0, 0.05) is 55.7 Å². The number of fused-ring (bicyclic) bond motifs is 7. The molecule has 7 nitrogen and oxygen atoms in total. The number of benzene rings is 10. The Hall–Kier alpha value is -10.4. The SMILES string of the molecule is CC1(C)c2cc(N(c3ccc(C#N)cc3)c3cccc4ccccc34)ccc2N2c3ccc(N(c4ccc(C#N)cc4)c4cccc5ccccc45)cc3C(C)(C)c3cc(N(C4=CCC(C#N)C=C4)C4CC=Cc5ccccc54)cc1c32.